The maximum absolute atomic E-state index is 11.7. The molecular formula is C10H9Br2ClN2O. The molecule has 0 aromatic heterocycles. The second-order valence-electron chi connectivity index (χ2n) is 3.69. The fourth-order valence-electron chi connectivity index (χ4n) is 1.74. The number of carbonyl (C=O) groups excluding carboxylic acids is 1. The van der Waals surface area contributed by atoms with Crippen LogP contribution in [-0.4, -0.2) is 18.5 Å². The number of halogens is 3. The normalized spacial score (nSPS) is 20.6. The van der Waals surface area contributed by atoms with E-state index in [0.717, 1.165) is 14.6 Å². The summed E-state index contributed by atoms with van der Waals surface area (Å²) in [6, 6.07) is 3.43. The Morgan fingerprint density at radius 3 is 2.38 bits per heavy atom. The lowest BCUT2D eigenvalue weighted by Crippen LogP contribution is -2.28. The van der Waals surface area contributed by atoms with Crippen LogP contribution in [0.3, 0.4) is 0 Å². The van der Waals surface area contributed by atoms with Crippen LogP contribution in [0.2, 0.25) is 5.02 Å². The minimum absolute atomic E-state index is 0.0382. The fraction of sp³-hybridized carbons (Fsp3) is 0.300. The van der Waals surface area contributed by atoms with E-state index in [9.17, 15) is 4.79 Å². The summed E-state index contributed by atoms with van der Waals surface area (Å²) >= 11 is 12.7. The zero-order chi connectivity index (χ0) is 11.9. The number of benzene rings is 1. The molecule has 1 amide bonds. The molecular weight excluding hydrogens is 359 g/mol. The SMILES string of the molecule is NC1CC(=O)N(c2c(Br)cc(Cl)cc2Br)C1. The average Bonchev–Trinajstić information content (AvgIpc) is 2.43. The van der Waals surface area contributed by atoms with E-state index >= 15 is 0 Å². The first kappa shape index (κ1) is 12.4. The molecule has 2 N–H and O–H groups in total. The van der Waals surface area contributed by atoms with Crippen molar-refractivity contribution >= 4 is 55.1 Å². The second-order valence-corrected chi connectivity index (χ2v) is 5.83. The topological polar surface area (TPSA) is 46.3 Å². The van der Waals surface area contributed by atoms with Crippen molar-refractivity contribution in [3.8, 4) is 0 Å². The molecule has 3 nitrogen and oxygen atoms in total. The summed E-state index contributed by atoms with van der Waals surface area (Å²) in [6.07, 6.45) is 0.390. The van der Waals surface area contributed by atoms with Gasteiger partial charge in [-0.05, 0) is 44.0 Å². The summed E-state index contributed by atoms with van der Waals surface area (Å²) in [5.41, 5.74) is 6.56. The highest BCUT2D eigenvalue weighted by atomic mass is 79.9. The third kappa shape index (κ3) is 2.27. The van der Waals surface area contributed by atoms with Crippen LogP contribution in [-0.2, 0) is 4.79 Å². The molecule has 1 heterocycles. The molecule has 1 unspecified atom stereocenters. The Balaban J connectivity index is 2.44. The Morgan fingerprint density at radius 1 is 1.38 bits per heavy atom. The van der Waals surface area contributed by atoms with E-state index in [1.165, 1.54) is 0 Å². The molecule has 1 aromatic carbocycles. The van der Waals surface area contributed by atoms with Crippen LogP contribution < -0.4 is 10.6 Å². The first-order chi connectivity index (χ1) is 7.49. The van der Waals surface area contributed by atoms with Crippen LogP contribution in [0, 0.1) is 0 Å². The highest BCUT2D eigenvalue weighted by Gasteiger charge is 2.30. The number of nitrogens with two attached hydrogens (primary N) is 1. The number of carbonyl (C=O) groups is 1. The maximum atomic E-state index is 11.7. The Kier molecular flexibility index (Phi) is 3.59. The maximum Gasteiger partial charge on any atom is 0.228 e. The quantitative estimate of drug-likeness (QED) is 0.828. The summed E-state index contributed by atoms with van der Waals surface area (Å²) in [5.74, 6) is 0.0382. The zero-order valence-corrected chi connectivity index (χ0v) is 12.1. The number of nitrogens with zero attached hydrogens (tertiary/aromatic N) is 1. The molecule has 0 bridgehead atoms. The van der Waals surface area contributed by atoms with Gasteiger partial charge in [0, 0.05) is 33.0 Å². The van der Waals surface area contributed by atoms with Gasteiger partial charge in [0.1, 0.15) is 0 Å². The Bertz CT molecular complexity index is 429. The van der Waals surface area contributed by atoms with Gasteiger partial charge in [-0.25, -0.2) is 0 Å². The molecule has 1 aliphatic rings. The summed E-state index contributed by atoms with van der Waals surface area (Å²) in [5, 5.41) is 0.610. The van der Waals surface area contributed by atoms with Crippen molar-refractivity contribution in [2.24, 2.45) is 5.73 Å². The van der Waals surface area contributed by atoms with Crippen molar-refractivity contribution in [2.75, 3.05) is 11.4 Å². The van der Waals surface area contributed by atoms with Gasteiger partial charge >= 0.3 is 0 Å². The number of rotatable bonds is 1. The van der Waals surface area contributed by atoms with Gasteiger partial charge in [-0.3, -0.25) is 4.79 Å². The molecule has 0 saturated carbocycles. The summed E-state index contributed by atoms with van der Waals surface area (Å²) in [4.78, 5) is 13.4. The summed E-state index contributed by atoms with van der Waals surface area (Å²) in [6.45, 7) is 0.539. The summed E-state index contributed by atoms with van der Waals surface area (Å²) < 4.78 is 1.57. The van der Waals surface area contributed by atoms with Crippen molar-refractivity contribution in [1.29, 1.82) is 0 Å². The second kappa shape index (κ2) is 4.64. The smallest absolute Gasteiger partial charge is 0.228 e. The molecule has 16 heavy (non-hydrogen) atoms. The Morgan fingerprint density at radius 2 is 1.94 bits per heavy atom. The minimum atomic E-state index is -0.0954. The first-order valence-corrected chi connectivity index (χ1v) is 6.66. The molecule has 86 valence electrons. The van der Waals surface area contributed by atoms with Crippen LogP contribution >= 0.6 is 43.5 Å². The minimum Gasteiger partial charge on any atom is -0.326 e. The number of hydrogen-bond acceptors (Lipinski definition) is 2. The van der Waals surface area contributed by atoms with Gasteiger partial charge in [0.25, 0.3) is 0 Å². The lowest BCUT2D eigenvalue weighted by atomic mass is 10.3. The highest BCUT2D eigenvalue weighted by Crippen LogP contribution is 2.38. The van der Waals surface area contributed by atoms with Crippen LogP contribution in [0.25, 0.3) is 0 Å². The van der Waals surface area contributed by atoms with E-state index in [2.05, 4.69) is 31.9 Å². The van der Waals surface area contributed by atoms with Crippen molar-refractivity contribution in [3.05, 3.63) is 26.1 Å². The molecule has 0 radical (unpaired) electrons. The molecule has 0 spiro atoms. The van der Waals surface area contributed by atoms with Crippen LogP contribution in [0.4, 0.5) is 5.69 Å². The van der Waals surface area contributed by atoms with Crippen LogP contribution in [0.15, 0.2) is 21.1 Å². The molecule has 1 aromatic rings. The Hall–Kier alpha value is -0.100. The molecule has 1 atom stereocenters. The van der Waals surface area contributed by atoms with Gasteiger partial charge < -0.3 is 10.6 Å². The molecule has 1 fully saturated rings. The lowest BCUT2D eigenvalue weighted by molar-refractivity contribution is -0.117. The summed E-state index contributed by atoms with van der Waals surface area (Å²) in [7, 11) is 0. The number of amides is 1. The van der Waals surface area contributed by atoms with Crippen molar-refractivity contribution in [3.63, 3.8) is 0 Å². The van der Waals surface area contributed by atoms with Gasteiger partial charge in [0.05, 0.1) is 5.69 Å². The van der Waals surface area contributed by atoms with E-state index in [1.807, 2.05) is 0 Å². The first-order valence-electron chi connectivity index (χ1n) is 4.69. The van der Waals surface area contributed by atoms with E-state index in [-0.39, 0.29) is 11.9 Å². The zero-order valence-electron chi connectivity index (χ0n) is 8.21. The number of hydrogen-bond donors (Lipinski definition) is 1. The number of anilines is 1. The predicted molar refractivity (Wildman–Crippen MR) is 71.8 cm³/mol. The van der Waals surface area contributed by atoms with Crippen LogP contribution in [0.5, 0.6) is 0 Å². The van der Waals surface area contributed by atoms with E-state index in [0.29, 0.717) is 18.0 Å². The van der Waals surface area contributed by atoms with Crippen molar-refractivity contribution in [1.82, 2.24) is 0 Å². The third-order valence-corrected chi connectivity index (χ3v) is 3.83. The largest absolute Gasteiger partial charge is 0.326 e. The van der Waals surface area contributed by atoms with Gasteiger partial charge in [-0.15, -0.1) is 0 Å². The van der Waals surface area contributed by atoms with Crippen LogP contribution in [0.1, 0.15) is 6.42 Å². The monoisotopic (exact) mass is 366 g/mol. The highest BCUT2D eigenvalue weighted by molar-refractivity contribution is 9.11. The Labute approximate surface area is 115 Å². The van der Waals surface area contributed by atoms with E-state index in [4.69, 9.17) is 17.3 Å². The standard InChI is InChI=1S/C10H9Br2ClN2O/c11-7-1-5(13)2-8(12)10(7)15-4-6(14)3-9(15)16/h1-2,6H,3-4,14H2. The van der Waals surface area contributed by atoms with Crippen molar-refractivity contribution in [2.45, 2.75) is 12.5 Å². The molecule has 1 aliphatic heterocycles. The molecule has 2 rings (SSSR count). The molecule has 1 saturated heterocycles. The molecule has 6 heteroatoms. The lowest BCUT2D eigenvalue weighted by Gasteiger charge is -2.19. The van der Waals surface area contributed by atoms with Crippen molar-refractivity contribution < 1.29 is 4.79 Å². The van der Waals surface area contributed by atoms with Gasteiger partial charge in [-0.2, -0.15) is 0 Å². The van der Waals surface area contributed by atoms with Gasteiger partial charge in [0.15, 0.2) is 0 Å². The fourth-order valence-corrected chi connectivity index (χ4v) is 3.84. The predicted octanol–water partition coefficient (Wildman–Crippen LogP) is 2.93. The van der Waals surface area contributed by atoms with Gasteiger partial charge in [-0.1, -0.05) is 11.6 Å². The molecule has 0 aliphatic carbocycles. The average molecular weight is 368 g/mol. The van der Waals surface area contributed by atoms with Gasteiger partial charge in [0.2, 0.25) is 5.91 Å². The third-order valence-electron chi connectivity index (χ3n) is 2.41. The van der Waals surface area contributed by atoms with E-state index < -0.39 is 0 Å². The van der Waals surface area contributed by atoms with E-state index in [1.54, 1.807) is 17.0 Å².